The zero-order chi connectivity index (χ0) is 15.8. The van der Waals surface area contributed by atoms with Crippen molar-refractivity contribution in [2.24, 2.45) is 0 Å². The molecule has 1 aliphatic rings. The molecule has 0 heterocycles. The summed E-state index contributed by atoms with van der Waals surface area (Å²) >= 11 is 0. The maximum absolute atomic E-state index is 4.16. The molecule has 0 saturated carbocycles. The standard InChI is InChI=1S/C18H29NSi2/c1-14-13-15(2)18(16(14)3)21(7,19-20(4,5)6)17-11-9-8-10-12-17/h8-12,19H,13H2,1-7H3. The second kappa shape index (κ2) is 5.71. The molecule has 0 amide bonds. The van der Waals surface area contributed by atoms with Crippen LogP contribution >= 0.6 is 0 Å². The molecule has 1 nitrogen and oxygen atoms in total. The lowest BCUT2D eigenvalue weighted by Crippen LogP contribution is -2.67. The van der Waals surface area contributed by atoms with E-state index in [0.29, 0.717) is 0 Å². The summed E-state index contributed by atoms with van der Waals surface area (Å²) in [5.74, 6) is 0. The van der Waals surface area contributed by atoms with E-state index in [4.69, 9.17) is 0 Å². The van der Waals surface area contributed by atoms with E-state index in [1.54, 1.807) is 16.3 Å². The monoisotopic (exact) mass is 315 g/mol. The third-order valence-electron chi connectivity index (χ3n) is 4.45. The molecule has 0 aliphatic heterocycles. The van der Waals surface area contributed by atoms with Crippen LogP contribution < -0.4 is 9.83 Å². The minimum Gasteiger partial charge on any atom is -0.352 e. The molecule has 1 unspecified atom stereocenters. The molecule has 0 bridgehead atoms. The van der Waals surface area contributed by atoms with Crippen LogP contribution in [0.2, 0.25) is 26.2 Å². The quantitative estimate of drug-likeness (QED) is 0.807. The molecule has 2 rings (SSSR count). The van der Waals surface area contributed by atoms with Crippen LogP contribution in [0.4, 0.5) is 0 Å². The molecule has 114 valence electrons. The predicted molar refractivity (Wildman–Crippen MR) is 99.9 cm³/mol. The van der Waals surface area contributed by atoms with Crippen molar-refractivity contribution < 1.29 is 0 Å². The number of rotatable bonds is 4. The Hall–Kier alpha value is -0.906. The Kier molecular flexibility index (Phi) is 4.47. The summed E-state index contributed by atoms with van der Waals surface area (Å²) in [6, 6.07) is 11.1. The van der Waals surface area contributed by atoms with Gasteiger partial charge < -0.3 is 4.65 Å². The van der Waals surface area contributed by atoms with E-state index in [0.717, 1.165) is 6.42 Å². The van der Waals surface area contributed by atoms with E-state index in [-0.39, 0.29) is 0 Å². The van der Waals surface area contributed by atoms with Crippen molar-refractivity contribution in [2.75, 3.05) is 0 Å². The van der Waals surface area contributed by atoms with E-state index in [9.17, 15) is 0 Å². The summed E-state index contributed by atoms with van der Waals surface area (Å²) < 4.78 is 4.16. The molecule has 21 heavy (non-hydrogen) atoms. The fourth-order valence-electron chi connectivity index (χ4n) is 3.75. The Morgan fingerprint density at radius 1 is 0.857 bits per heavy atom. The van der Waals surface area contributed by atoms with Gasteiger partial charge in [-0.2, -0.15) is 0 Å². The van der Waals surface area contributed by atoms with Crippen molar-refractivity contribution in [2.45, 2.75) is 53.4 Å². The molecule has 1 aromatic rings. The fourth-order valence-corrected chi connectivity index (χ4v) is 13.9. The Morgan fingerprint density at radius 2 is 1.43 bits per heavy atom. The van der Waals surface area contributed by atoms with Crippen molar-refractivity contribution in [1.29, 1.82) is 0 Å². The largest absolute Gasteiger partial charge is 0.352 e. The first kappa shape index (κ1) is 16.5. The number of benzene rings is 1. The molecule has 0 aromatic heterocycles. The number of nitrogens with one attached hydrogen (secondary N) is 1. The van der Waals surface area contributed by atoms with Crippen LogP contribution in [-0.4, -0.2) is 16.5 Å². The second-order valence-corrected chi connectivity index (χ2v) is 16.4. The van der Waals surface area contributed by atoms with Gasteiger partial charge in [-0.3, -0.25) is 0 Å². The highest BCUT2D eigenvalue weighted by Gasteiger charge is 2.41. The Morgan fingerprint density at radius 3 is 1.86 bits per heavy atom. The summed E-state index contributed by atoms with van der Waals surface area (Å²) in [5, 5.41) is 3.16. The van der Waals surface area contributed by atoms with Crippen molar-refractivity contribution in [3.05, 3.63) is 52.2 Å². The fraction of sp³-hybridized carbons (Fsp3) is 0.444. The zero-order valence-electron chi connectivity index (χ0n) is 14.6. The Balaban J connectivity index is 2.61. The predicted octanol–water partition coefficient (Wildman–Crippen LogP) is 4.49. The number of allylic oxidation sites excluding steroid dienone is 4. The molecule has 0 radical (unpaired) electrons. The second-order valence-electron chi connectivity index (χ2n) is 7.60. The van der Waals surface area contributed by atoms with Crippen LogP contribution in [0.25, 0.3) is 0 Å². The van der Waals surface area contributed by atoms with Gasteiger partial charge in [0, 0.05) is 0 Å². The smallest absolute Gasteiger partial charge is 0.180 e. The minimum atomic E-state index is -1.86. The number of hydrogen-bond acceptors (Lipinski definition) is 1. The first-order valence-electron chi connectivity index (χ1n) is 7.87. The van der Waals surface area contributed by atoms with Crippen molar-refractivity contribution in [1.82, 2.24) is 4.65 Å². The van der Waals surface area contributed by atoms with E-state index in [1.807, 2.05) is 0 Å². The van der Waals surface area contributed by atoms with Crippen LogP contribution in [-0.2, 0) is 0 Å². The molecular formula is C18H29NSi2. The average molecular weight is 316 g/mol. The lowest BCUT2D eigenvalue weighted by atomic mass is 10.2. The maximum atomic E-state index is 4.16. The van der Waals surface area contributed by atoms with Crippen molar-refractivity contribution in [3.63, 3.8) is 0 Å². The van der Waals surface area contributed by atoms with Crippen LogP contribution in [0, 0.1) is 0 Å². The maximum Gasteiger partial charge on any atom is 0.180 e. The highest BCUT2D eigenvalue weighted by molar-refractivity contribution is 7.03. The van der Waals surface area contributed by atoms with Gasteiger partial charge in [-0.1, -0.05) is 66.7 Å². The zero-order valence-corrected chi connectivity index (χ0v) is 16.6. The Labute approximate surface area is 132 Å². The van der Waals surface area contributed by atoms with E-state index in [2.05, 4.69) is 81.9 Å². The number of hydrogen-bond donors (Lipinski definition) is 1. The molecule has 3 heteroatoms. The van der Waals surface area contributed by atoms with Gasteiger partial charge >= 0.3 is 0 Å². The first-order valence-corrected chi connectivity index (χ1v) is 13.9. The molecule has 1 N–H and O–H groups in total. The summed E-state index contributed by atoms with van der Waals surface area (Å²) in [5.41, 5.74) is 4.67. The van der Waals surface area contributed by atoms with Gasteiger partial charge in [0.2, 0.25) is 0 Å². The molecule has 1 aromatic carbocycles. The third kappa shape index (κ3) is 3.30. The van der Waals surface area contributed by atoms with E-state index < -0.39 is 16.5 Å². The van der Waals surface area contributed by atoms with Gasteiger partial charge in [-0.25, -0.2) is 0 Å². The molecular weight excluding hydrogens is 286 g/mol. The molecule has 1 atom stereocenters. The summed E-state index contributed by atoms with van der Waals surface area (Å²) in [7, 11) is -3.23. The van der Waals surface area contributed by atoms with Crippen LogP contribution in [0.15, 0.2) is 52.2 Å². The lowest BCUT2D eigenvalue weighted by molar-refractivity contribution is 1.14. The summed E-state index contributed by atoms with van der Waals surface area (Å²) in [6.45, 7) is 16.7. The van der Waals surface area contributed by atoms with Crippen LogP contribution in [0.3, 0.4) is 0 Å². The molecule has 0 saturated heterocycles. The first-order chi connectivity index (χ1) is 9.65. The SMILES string of the molecule is CC1=C(C)C([Si](C)(N[Si](C)(C)C)c2ccccc2)=C(C)C1. The van der Waals surface area contributed by atoms with Gasteiger partial charge in [0.1, 0.15) is 8.24 Å². The molecule has 0 fully saturated rings. The van der Waals surface area contributed by atoms with Crippen LogP contribution in [0.1, 0.15) is 27.2 Å². The van der Waals surface area contributed by atoms with Gasteiger partial charge in [0.15, 0.2) is 8.24 Å². The van der Waals surface area contributed by atoms with Gasteiger partial charge in [-0.15, -0.1) is 0 Å². The van der Waals surface area contributed by atoms with Gasteiger partial charge in [0.25, 0.3) is 0 Å². The summed E-state index contributed by atoms with van der Waals surface area (Å²) in [4.78, 5) is 0. The van der Waals surface area contributed by atoms with E-state index >= 15 is 0 Å². The van der Waals surface area contributed by atoms with Gasteiger partial charge in [-0.05, 0) is 44.1 Å². The Bertz CT molecular complexity index is 593. The topological polar surface area (TPSA) is 12.0 Å². The third-order valence-corrected chi connectivity index (χ3v) is 12.7. The average Bonchev–Trinajstić information content (AvgIpc) is 2.62. The summed E-state index contributed by atoms with van der Waals surface area (Å²) in [6.07, 6.45) is 1.16. The van der Waals surface area contributed by atoms with E-state index in [1.165, 1.54) is 10.8 Å². The lowest BCUT2D eigenvalue weighted by Gasteiger charge is -2.38. The highest BCUT2D eigenvalue weighted by Crippen LogP contribution is 2.36. The normalized spacial score (nSPS) is 19.2. The molecule has 0 spiro atoms. The highest BCUT2D eigenvalue weighted by atomic mass is 28.4. The van der Waals surface area contributed by atoms with Gasteiger partial charge in [0.05, 0.1) is 0 Å². The molecule has 1 aliphatic carbocycles. The minimum absolute atomic E-state index is 1.16. The van der Waals surface area contributed by atoms with Crippen molar-refractivity contribution >= 4 is 21.7 Å². The van der Waals surface area contributed by atoms with Crippen LogP contribution in [0.5, 0.6) is 0 Å². The van der Waals surface area contributed by atoms with Crippen molar-refractivity contribution in [3.8, 4) is 0 Å².